The minimum absolute atomic E-state index is 0.320. The van der Waals surface area contributed by atoms with Crippen molar-refractivity contribution in [2.24, 2.45) is 5.92 Å². The Kier molecular flexibility index (Phi) is 3.33. The molecule has 3 heterocycles. The first-order valence-electron chi connectivity index (χ1n) is 6.81. The van der Waals surface area contributed by atoms with Crippen LogP contribution in [-0.2, 0) is 0 Å². The van der Waals surface area contributed by atoms with Crippen molar-refractivity contribution in [1.29, 1.82) is 0 Å². The fourth-order valence-electron chi connectivity index (χ4n) is 2.44. The molecule has 0 spiro atoms. The van der Waals surface area contributed by atoms with E-state index in [9.17, 15) is 0 Å². The smallest absolute Gasteiger partial charge is 0.269 e. The number of nitrogens with zero attached hydrogens (tertiary/aromatic N) is 4. The number of hydrogen-bond acceptors (Lipinski definition) is 5. The molecule has 0 aliphatic rings. The Balaban J connectivity index is 1.93. The minimum Gasteiger partial charge on any atom is -0.333 e. The maximum absolute atomic E-state index is 5.45. The number of hydrogen-bond donors (Lipinski definition) is 0. The molecule has 3 aromatic rings. The molecule has 0 saturated heterocycles. The molecule has 0 bridgehead atoms. The van der Waals surface area contributed by atoms with Gasteiger partial charge >= 0.3 is 0 Å². The number of rotatable bonds is 4. The summed E-state index contributed by atoms with van der Waals surface area (Å²) in [5, 5.41) is 4.14. The van der Waals surface area contributed by atoms with E-state index < -0.39 is 0 Å². The van der Waals surface area contributed by atoms with Crippen LogP contribution in [0, 0.1) is 12.8 Å². The SMILES string of the molecule is Cc1c(-c2nc(C(C)CC(C)C)no2)sc2cncn12. The lowest BCUT2D eigenvalue weighted by atomic mass is 9.98. The van der Waals surface area contributed by atoms with E-state index in [1.807, 2.05) is 23.8 Å². The van der Waals surface area contributed by atoms with Gasteiger partial charge in [-0.3, -0.25) is 4.40 Å². The van der Waals surface area contributed by atoms with Gasteiger partial charge in [-0.1, -0.05) is 25.9 Å². The van der Waals surface area contributed by atoms with Crippen molar-refractivity contribution in [3.63, 3.8) is 0 Å². The van der Waals surface area contributed by atoms with Crippen molar-refractivity contribution in [2.75, 3.05) is 0 Å². The van der Waals surface area contributed by atoms with E-state index in [4.69, 9.17) is 4.52 Å². The molecular weight excluding hydrogens is 272 g/mol. The molecule has 0 aromatic carbocycles. The van der Waals surface area contributed by atoms with E-state index in [1.54, 1.807) is 11.3 Å². The highest BCUT2D eigenvalue weighted by molar-refractivity contribution is 7.20. The molecule has 106 valence electrons. The molecule has 0 saturated carbocycles. The lowest BCUT2D eigenvalue weighted by Gasteiger charge is -2.08. The van der Waals surface area contributed by atoms with Gasteiger partial charge in [0.15, 0.2) is 5.82 Å². The van der Waals surface area contributed by atoms with Crippen LogP contribution >= 0.6 is 11.3 Å². The van der Waals surface area contributed by atoms with Crippen LogP contribution in [0.1, 0.15) is 44.6 Å². The Bertz CT molecular complexity index is 725. The van der Waals surface area contributed by atoms with Gasteiger partial charge in [0.05, 0.1) is 6.20 Å². The minimum atomic E-state index is 0.320. The molecule has 0 amide bonds. The van der Waals surface area contributed by atoms with E-state index in [1.165, 1.54) is 0 Å². The van der Waals surface area contributed by atoms with Crippen molar-refractivity contribution >= 4 is 16.2 Å². The largest absolute Gasteiger partial charge is 0.333 e. The summed E-state index contributed by atoms with van der Waals surface area (Å²) in [4.78, 5) is 10.8. The van der Waals surface area contributed by atoms with Crippen LogP contribution < -0.4 is 0 Å². The van der Waals surface area contributed by atoms with E-state index in [0.29, 0.717) is 17.7 Å². The average Bonchev–Trinajstić information content (AvgIpc) is 3.06. The van der Waals surface area contributed by atoms with Gasteiger partial charge in [0, 0.05) is 11.6 Å². The van der Waals surface area contributed by atoms with Crippen LogP contribution in [0.2, 0.25) is 0 Å². The predicted octanol–water partition coefficient (Wildman–Crippen LogP) is 3.90. The van der Waals surface area contributed by atoms with Gasteiger partial charge in [-0.25, -0.2) is 4.98 Å². The number of fused-ring (bicyclic) bond motifs is 1. The Labute approximate surface area is 121 Å². The molecule has 0 fully saturated rings. The first-order chi connectivity index (χ1) is 9.56. The van der Waals surface area contributed by atoms with Crippen LogP contribution in [0.3, 0.4) is 0 Å². The lowest BCUT2D eigenvalue weighted by molar-refractivity contribution is 0.409. The number of thiazole rings is 1. The summed E-state index contributed by atoms with van der Waals surface area (Å²) < 4.78 is 7.49. The standard InChI is InChI=1S/C14H18N4OS/c1-8(2)5-9(3)13-16-14(19-17-13)12-10(4)18-7-15-6-11(18)20-12/h6-9H,5H2,1-4H3. The maximum Gasteiger partial charge on any atom is 0.269 e. The fraction of sp³-hybridized carbons (Fsp3) is 0.500. The van der Waals surface area contributed by atoms with Crippen molar-refractivity contribution in [2.45, 2.75) is 40.0 Å². The second-order valence-corrected chi connectivity index (χ2v) is 6.64. The van der Waals surface area contributed by atoms with E-state index in [-0.39, 0.29) is 0 Å². The number of aryl methyl sites for hydroxylation is 1. The third kappa shape index (κ3) is 2.24. The van der Waals surface area contributed by atoms with Crippen molar-refractivity contribution in [1.82, 2.24) is 19.5 Å². The number of aromatic nitrogens is 4. The van der Waals surface area contributed by atoms with Gasteiger partial charge in [0.1, 0.15) is 16.0 Å². The molecule has 5 nitrogen and oxygen atoms in total. The van der Waals surface area contributed by atoms with E-state index >= 15 is 0 Å². The molecular formula is C14H18N4OS. The average molecular weight is 290 g/mol. The van der Waals surface area contributed by atoms with Crippen molar-refractivity contribution in [3.8, 4) is 10.8 Å². The molecule has 0 radical (unpaired) electrons. The molecule has 3 rings (SSSR count). The molecule has 0 aliphatic carbocycles. The van der Waals surface area contributed by atoms with Gasteiger partial charge in [0.25, 0.3) is 5.89 Å². The normalized spacial score (nSPS) is 13.4. The summed E-state index contributed by atoms with van der Waals surface area (Å²) in [6, 6.07) is 0. The van der Waals surface area contributed by atoms with Gasteiger partial charge < -0.3 is 4.52 Å². The van der Waals surface area contributed by atoms with Crippen LogP contribution in [0.5, 0.6) is 0 Å². The maximum atomic E-state index is 5.45. The third-order valence-electron chi connectivity index (χ3n) is 3.40. The molecule has 0 N–H and O–H groups in total. The quantitative estimate of drug-likeness (QED) is 0.731. The molecule has 20 heavy (non-hydrogen) atoms. The lowest BCUT2D eigenvalue weighted by Crippen LogP contribution is -2.00. The fourth-order valence-corrected chi connectivity index (χ4v) is 3.46. The highest BCUT2D eigenvalue weighted by Gasteiger charge is 2.19. The van der Waals surface area contributed by atoms with Gasteiger partial charge in [-0.05, 0) is 19.3 Å². The van der Waals surface area contributed by atoms with Crippen molar-refractivity contribution < 1.29 is 4.52 Å². The highest BCUT2D eigenvalue weighted by Crippen LogP contribution is 2.32. The topological polar surface area (TPSA) is 56.2 Å². The predicted molar refractivity (Wildman–Crippen MR) is 79.0 cm³/mol. The Hall–Kier alpha value is -1.69. The van der Waals surface area contributed by atoms with E-state index in [0.717, 1.165) is 27.6 Å². The summed E-state index contributed by atoms with van der Waals surface area (Å²) in [7, 11) is 0. The zero-order valence-corrected chi connectivity index (χ0v) is 12.9. The summed E-state index contributed by atoms with van der Waals surface area (Å²) >= 11 is 1.63. The van der Waals surface area contributed by atoms with Gasteiger partial charge in [0.2, 0.25) is 0 Å². The summed E-state index contributed by atoms with van der Waals surface area (Å²) in [5.41, 5.74) is 1.09. The number of imidazole rings is 1. The van der Waals surface area contributed by atoms with Crippen LogP contribution in [0.15, 0.2) is 17.0 Å². The van der Waals surface area contributed by atoms with Gasteiger partial charge in [-0.15, -0.1) is 11.3 Å². The first kappa shape index (κ1) is 13.3. The van der Waals surface area contributed by atoms with Crippen molar-refractivity contribution in [3.05, 3.63) is 24.0 Å². The second-order valence-electron chi connectivity index (χ2n) is 5.61. The second kappa shape index (κ2) is 5.01. The molecule has 0 aliphatic heterocycles. The highest BCUT2D eigenvalue weighted by atomic mass is 32.1. The summed E-state index contributed by atoms with van der Waals surface area (Å²) in [5.74, 6) is 2.35. The Morgan fingerprint density at radius 2 is 2.15 bits per heavy atom. The Morgan fingerprint density at radius 1 is 1.35 bits per heavy atom. The molecule has 3 aromatic heterocycles. The monoisotopic (exact) mass is 290 g/mol. The Morgan fingerprint density at radius 3 is 2.85 bits per heavy atom. The van der Waals surface area contributed by atoms with Crippen LogP contribution in [-0.4, -0.2) is 19.5 Å². The first-order valence-corrected chi connectivity index (χ1v) is 7.63. The van der Waals surface area contributed by atoms with Crippen LogP contribution in [0.25, 0.3) is 15.6 Å². The zero-order chi connectivity index (χ0) is 14.3. The molecule has 1 atom stereocenters. The summed E-state index contributed by atoms with van der Waals surface area (Å²) in [6.45, 7) is 8.60. The summed E-state index contributed by atoms with van der Waals surface area (Å²) in [6.07, 6.45) is 4.72. The third-order valence-corrected chi connectivity index (χ3v) is 4.59. The van der Waals surface area contributed by atoms with Crippen LogP contribution in [0.4, 0.5) is 0 Å². The molecule has 6 heteroatoms. The van der Waals surface area contributed by atoms with E-state index in [2.05, 4.69) is 35.9 Å². The molecule has 1 unspecified atom stereocenters. The van der Waals surface area contributed by atoms with Gasteiger partial charge in [-0.2, -0.15) is 4.98 Å². The zero-order valence-electron chi connectivity index (χ0n) is 12.1.